The van der Waals surface area contributed by atoms with Crippen LogP contribution in [0.25, 0.3) is 0 Å². The van der Waals surface area contributed by atoms with E-state index in [9.17, 15) is 15.2 Å². The van der Waals surface area contributed by atoms with E-state index in [0.717, 1.165) is 6.42 Å². The molecule has 0 heterocycles. The summed E-state index contributed by atoms with van der Waals surface area (Å²) in [7, 11) is 0. The second-order valence-electron chi connectivity index (χ2n) is 3.76. The molecule has 2 N–H and O–H groups in total. The van der Waals surface area contributed by atoms with Gasteiger partial charge >= 0.3 is 0 Å². The summed E-state index contributed by atoms with van der Waals surface area (Å²) < 4.78 is 0. The van der Waals surface area contributed by atoms with Gasteiger partial charge in [-0.1, -0.05) is 6.92 Å². The van der Waals surface area contributed by atoms with Crippen molar-refractivity contribution in [1.82, 2.24) is 5.32 Å². The van der Waals surface area contributed by atoms with E-state index in [2.05, 4.69) is 5.32 Å². The maximum atomic E-state index is 10.6. The number of aromatic hydroxyl groups is 1. The van der Waals surface area contributed by atoms with Gasteiger partial charge in [0.05, 0.1) is 4.92 Å². The predicted octanol–water partition coefficient (Wildman–Crippen LogP) is 2.61. The first-order valence-electron chi connectivity index (χ1n) is 5.24. The van der Waals surface area contributed by atoms with E-state index in [0.29, 0.717) is 18.2 Å². The Balaban J connectivity index is 0.00000256. The largest absolute Gasteiger partial charge is 0.508 e. The van der Waals surface area contributed by atoms with E-state index in [1.54, 1.807) is 0 Å². The molecule has 1 aromatic rings. The first-order valence-corrected chi connectivity index (χ1v) is 5.24. The Kier molecular flexibility index (Phi) is 6.53. The second kappa shape index (κ2) is 7.09. The predicted molar refractivity (Wildman–Crippen MR) is 68.6 cm³/mol. The number of halogens is 1. The summed E-state index contributed by atoms with van der Waals surface area (Å²) in [6.07, 6.45) is 0.968. The third kappa shape index (κ3) is 4.58. The standard InChI is InChI=1S/C11H16N2O3.ClH/c1-3-8(2)12-7-9-6-10(13(15)16)4-5-11(9)14;/h4-6,8,12,14H,3,7H2,1-2H3;1H. The number of nitro benzene ring substituents is 1. The summed E-state index contributed by atoms with van der Waals surface area (Å²) in [5, 5.41) is 23.3. The minimum Gasteiger partial charge on any atom is -0.508 e. The lowest BCUT2D eigenvalue weighted by molar-refractivity contribution is -0.384. The van der Waals surface area contributed by atoms with Gasteiger partial charge in [-0.3, -0.25) is 10.1 Å². The second-order valence-corrected chi connectivity index (χ2v) is 3.76. The zero-order valence-corrected chi connectivity index (χ0v) is 10.7. The van der Waals surface area contributed by atoms with Crippen LogP contribution in [0.15, 0.2) is 18.2 Å². The van der Waals surface area contributed by atoms with Gasteiger partial charge in [0.1, 0.15) is 5.75 Å². The molecular weight excluding hydrogens is 244 g/mol. The van der Waals surface area contributed by atoms with Crippen molar-refractivity contribution in [3.8, 4) is 5.75 Å². The molecule has 0 aliphatic carbocycles. The minimum atomic E-state index is -0.466. The Morgan fingerprint density at radius 3 is 2.71 bits per heavy atom. The third-order valence-corrected chi connectivity index (χ3v) is 2.53. The van der Waals surface area contributed by atoms with Crippen molar-refractivity contribution in [2.75, 3.05) is 0 Å². The number of nitrogens with zero attached hydrogens (tertiary/aromatic N) is 1. The number of nitrogens with one attached hydrogen (secondary N) is 1. The number of non-ortho nitro benzene ring substituents is 1. The molecule has 17 heavy (non-hydrogen) atoms. The molecule has 0 spiro atoms. The van der Waals surface area contributed by atoms with E-state index in [4.69, 9.17) is 0 Å². The lowest BCUT2D eigenvalue weighted by Gasteiger charge is -2.11. The molecule has 1 unspecified atom stereocenters. The van der Waals surface area contributed by atoms with Crippen molar-refractivity contribution in [2.24, 2.45) is 0 Å². The molecule has 1 aromatic carbocycles. The Bertz CT molecular complexity index is 385. The monoisotopic (exact) mass is 260 g/mol. The molecule has 6 heteroatoms. The van der Waals surface area contributed by atoms with Gasteiger partial charge in [0, 0.05) is 30.3 Å². The molecule has 1 atom stereocenters. The maximum absolute atomic E-state index is 10.6. The van der Waals surface area contributed by atoms with E-state index in [1.807, 2.05) is 13.8 Å². The summed E-state index contributed by atoms with van der Waals surface area (Å²) in [5.41, 5.74) is 0.549. The fourth-order valence-corrected chi connectivity index (χ4v) is 1.26. The Hall–Kier alpha value is -1.33. The average Bonchev–Trinajstić information content (AvgIpc) is 2.27. The highest BCUT2D eigenvalue weighted by Gasteiger charge is 2.10. The highest BCUT2D eigenvalue weighted by Crippen LogP contribution is 2.22. The summed E-state index contributed by atoms with van der Waals surface area (Å²) in [6, 6.07) is 4.36. The van der Waals surface area contributed by atoms with Gasteiger partial charge in [-0.2, -0.15) is 0 Å². The molecule has 0 bridgehead atoms. The number of hydrogen-bond acceptors (Lipinski definition) is 4. The van der Waals surface area contributed by atoms with Gasteiger partial charge < -0.3 is 10.4 Å². The van der Waals surface area contributed by atoms with Crippen LogP contribution in [0.3, 0.4) is 0 Å². The van der Waals surface area contributed by atoms with Crippen molar-refractivity contribution in [2.45, 2.75) is 32.9 Å². The van der Waals surface area contributed by atoms with Crippen LogP contribution in [0.1, 0.15) is 25.8 Å². The summed E-state index contributed by atoms with van der Waals surface area (Å²) in [5.74, 6) is 0.0846. The summed E-state index contributed by atoms with van der Waals surface area (Å²) >= 11 is 0. The first kappa shape index (κ1) is 15.7. The molecular formula is C11H17ClN2O3. The van der Waals surface area contributed by atoms with Gasteiger partial charge in [-0.15, -0.1) is 12.4 Å². The fourth-order valence-electron chi connectivity index (χ4n) is 1.26. The van der Waals surface area contributed by atoms with Gasteiger partial charge in [0.25, 0.3) is 5.69 Å². The number of phenolic OH excluding ortho intramolecular Hbond substituents is 1. The van der Waals surface area contributed by atoms with Crippen molar-refractivity contribution in [3.05, 3.63) is 33.9 Å². The topological polar surface area (TPSA) is 75.4 Å². The Labute approximate surface area is 106 Å². The van der Waals surface area contributed by atoms with Crippen molar-refractivity contribution >= 4 is 18.1 Å². The SMILES string of the molecule is CCC(C)NCc1cc([N+](=O)[O-])ccc1O.Cl. The van der Waals surface area contributed by atoms with Crippen LogP contribution in [0.2, 0.25) is 0 Å². The van der Waals surface area contributed by atoms with Gasteiger partial charge in [0.2, 0.25) is 0 Å². The molecule has 96 valence electrons. The van der Waals surface area contributed by atoms with Crippen LogP contribution in [-0.4, -0.2) is 16.1 Å². The average molecular weight is 261 g/mol. The highest BCUT2D eigenvalue weighted by molar-refractivity contribution is 5.85. The molecule has 0 aliphatic heterocycles. The molecule has 1 rings (SSSR count). The molecule has 5 nitrogen and oxygen atoms in total. The van der Waals surface area contributed by atoms with Crippen molar-refractivity contribution in [3.63, 3.8) is 0 Å². The van der Waals surface area contributed by atoms with Crippen molar-refractivity contribution in [1.29, 1.82) is 0 Å². The van der Waals surface area contributed by atoms with Crippen LogP contribution in [0.4, 0.5) is 5.69 Å². The van der Waals surface area contributed by atoms with E-state index < -0.39 is 4.92 Å². The smallest absolute Gasteiger partial charge is 0.270 e. The van der Waals surface area contributed by atoms with Gasteiger partial charge in [0.15, 0.2) is 0 Å². The Morgan fingerprint density at radius 2 is 2.18 bits per heavy atom. The number of rotatable bonds is 5. The molecule has 0 amide bonds. The zero-order chi connectivity index (χ0) is 12.1. The van der Waals surface area contributed by atoms with Crippen LogP contribution in [0.5, 0.6) is 5.75 Å². The molecule has 0 radical (unpaired) electrons. The first-order chi connectivity index (χ1) is 7.54. The van der Waals surface area contributed by atoms with Crippen LogP contribution in [-0.2, 0) is 6.54 Å². The lowest BCUT2D eigenvalue weighted by atomic mass is 10.1. The molecule has 0 saturated carbocycles. The number of nitro groups is 1. The van der Waals surface area contributed by atoms with Crippen molar-refractivity contribution < 1.29 is 10.0 Å². The molecule has 0 fully saturated rings. The van der Waals surface area contributed by atoms with Crippen LogP contribution in [0, 0.1) is 10.1 Å². The fraction of sp³-hybridized carbons (Fsp3) is 0.455. The highest BCUT2D eigenvalue weighted by atomic mass is 35.5. The van der Waals surface area contributed by atoms with Crippen LogP contribution < -0.4 is 5.32 Å². The normalized spacial score (nSPS) is 11.6. The molecule has 0 saturated heterocycles. The summed E-state index contributed by atoms with van der Waals surface area (Å²) in [4.78, 5) is 10.1. The number of hydrogen-bond donors (Lipinski definition) is 2. The maximum Gasteiger partial charge on any atom is 0.270 e. The zero-order valence-electron chi connectivity index (χ0n) is 9.84. The number of benzene rings is 1. The van der Waals surface area contributed by atoms with E-state index >= 15 is 0 Å². The minimum absolute atomic E-state index is 0. The quantitative estimate of drug-likeness (QED) is 0.630. The molecule has 0 aliphatic rings. The van der Waals surface area contributed by atoms with Gasteiger partial charge in [-0.25, -0.2) is 0 Å². The lowest BCUT2D eigenvalue weighted by Crippen LogP contribution is -2.24. The van der Waals surface area contributed by atoms with E-state index in [1.165, 1.54) is 18.2 Å². The molecule has 0 aromatic heterocycles. The third-order valence-electron chi connectivity index (χ3n) is 2.53. The Morgan fingerprint density at radius 1 is 1.53 bits per heavy atom. The van der Waals surface area contributed by atoms with Crippen LogP contribution >= 0.6 is 12.4 Å². The van der Waals surface area contributed by atoms with Gasteiger partial charge in [-0.05, 0) is 19.4 Å². The van der Waals surface area contributed by atoms with E-state index in [-0.39, 0.29) is 23.8 Å². The number of phenols is 1. The summed E-state index contributed by atoms with van der Waals surface area (Å²) in [6.45, 7) is 4.50.